The number of carbonyl (C=O) groups is 2. The fraction of sp³-hybridized carbons (Fsp3) is 0.125. The number of amides is 1. The van der Waals surface area contributed by atoms with E-state index in [0.29, 0.717) is 11.1 Å². The average molecular weight is 418 g/mol. The van der Waals surface area contributed by atoms with Crippen molar-refractivity contribution in [3.05, 3.63) is 101 Å². The van der Waals surface area contributed by atoms with Gasteiger partial charge in [0.1, 0.15) is 17.3 Å². The minimum absolute atomic E-state index is 0.0236. The third-order valence-corrected chi connectivity index (χ3v) is 5.30. The first-order chi connectivity index (χ1) is 14.9. The molecule has 156 valence electrons. The van der Waals surface area contributed by atoms with Crippen LogP contribution >= 0.6 is 0 Å². The zero-order chi connectivity index (χ0) is 22.1. The molecule has 0 bridgehead atoms. The predicted molar refractivity (Wildman–Crippen MR) is 111 cm³/mol. The number of likely N-dealkylation sites (tertiary alicyclic amines) is 1. The molecule has 1 aliphatic rings. The Morgan fingerprint density at radius 3 is 2.39 bits per heavy atom. The lowest BCUT2D eigenvalue weighted by Crippen LogP contribution is -2.29. The molecular weight excluding hydrogens is 399 g/mol. The number of aliphatic hydroxyl groups excluding tert-OH is 1. The summed E-state index contributed by atoms with van der Waals surface area (Å²) < 4.78 is 14.1. The van der Waals surface area contributed by atoms with Gasteiger partial charge in [-0.3, -0.25) is 14.6 Å². The lowest BCUT2D eigenvalue weighted by molar-refractivity contribution is -0.140. The number of halogens is 1. The zero-order valence-corrected chi connectivity index (χ0v) is 16.6. The van der Waals surface area contributed by atoms with Gasteiger partial charge in [-0.25, -0.2) is 4.39 Å². The quantitative estimate of drug-likeness (QED) is 0.382. The Labute approximate surface area is 177 Å². The van der Waals surface area contributed by atoms with E-state index in [0.717, 1.165) is 11.6 Å². The number of aromatic nitrogens is 1. The molecule has 1 aliphatic heterocycles. The molecule has 1 aromatic heterocycles. The SMILES string of the molecule is Cc1ccc(C(O)=C2C(=O)C(=O)N(Cc3ccncc3)[C@@H]2c2ccc(O)cc2)cc1F. The number of aryl methyl sites for hydroxylation is 1. The monoisotopic (exact) mass is 418 g/mol. The molecule has 0 radical (unpaired) electrons. The molecular formula is C24H19FN2O4. The molecule has 0 saturated carbocycles. The maximum atomic E-state index is 14.1. The number of aliphatic hydroxyl groups is 1. The Morgan fingerprint density at radius 1 is 1.06 bits per heavy atom. The molecule has 0 spiro atoms. The minimum atomic E-state index is -0.905. The molecule has 6 nitrogen and oxygen atoms in total. The Hall–Kier alpha value is -4.00. The molecule has 2 N–H and O–H groups in total. The first-order valence-electron chi connectivity index (χ1n) is 9.59. The Bertz CT molecular complexity index is 1190. The van der Waals surface area contributed by atoms with Crippen molar-refractivity contribution in [2.45, 2.75) is 19.5 Å². The van der Waals surface area contributed by atoms with E-state index in [-0.39, 0.29) is 23.4 Å². The summed E-state index contributed by atoms with van der Waals surface area (Å²) in [5.74, 6) is -2.59. The molecule has 31 heavy (non-hydrogen) atoms. The smallest absolute Gasteiger partial charge is 0.295 e. The van der Waals surface area contributed by atoms with Gasteiger partial charge in [-0.15, -0.1) is 0 Å². The first kappa shape index (κ1) is 20.3. The molecule has 1 atom stereocenters. The van der Waals surface area contributed by atoms with Crippen molar-refractivity contribution < 1.29 is 24.2 Å². The van der Waals surface area contributed by atoms with Crippen LogP contribution in [0, 0.1) is 12.7 Å². The molecule has 2 heterocycles. The van der Waals surface area contributed by atoms with Crippen molar-refractivity contribution >= 4 is 17.4 Å². The second kappa shape index (κ2) is 8.02. The summed E-state index contributed by atoms with van der Waals surface area (Å²) in [5, 5.41) is 20.6. The highest BCUT2D eigenvalue weighted by Crippen LogP contribution is 2.40. The van der Waals surface area contributed by atoms with Gasteiger partial charge in [0.25, 0.3) is 11.7 Å². The predicted octanol–water partition coefficient (Wildman–Crippen LogP) is 3.86. The van der Waals surface area contributed by atoms with Crippen LogP contribution in [-0.2, 0) is 16.1 Å². The number of pyridine rings is 1. The van der Waals surface area contributed by atoms with Crippen LogP contribution in [0.5, 0.6) is 5.75 Å². The number of phenolic OH excluding ortho intramolecular Hbond substituents is 1. The van der Waals surface area contributed by atoms with Gasteiger partial charge in [0.2, 0.25) is 0 Å². The maximum Gasteiger partial charge on any atom is 0.295 e. The number of Topliss-reactive ketones (excluding diaryl/α,β-unsaturated/α-hetero) is 1. The third kappa shape index (κ3) is 3.77. The Balaban J connectivity index is 1.87. The van der Waals surface area contributed by atoms with E-state index in [9.17, 15) is 24.2 Å². The normalized spacial score (nSPS) is 17.9. The van der Waals surface area contributed by atoms with E-state index in [2.05, 4.69) is 4.98 Å². The maximum absolute atomic E-state index is 14.1. The largest absolute Gasteiger partial charge is 0.508 e. The van der Waals surface area contributed by atoms with Gasteiger partial charge in [-0.2, -0.15) is 0 Å². The molecule has 7 heteroatoms. The van der Waals surface area contributed by atoms with Crippen molar-refractivity contribution in [3.8, 4) is 5.75 Å². The number of hydrogen-bond donors (Lipinski definition) is 2. The van der Waals surface area contributed by atoms with Gasteiger partial charge in [0.15, 0.2) is 0 Å². The number of hydrogen-bond acceptors (Lipinski definition) is 5. The van der Waals surface area contributed by atoms with E-state index in [1.165, 1.54) is 29.2 Å². The number of phenols is 1. The van der Waals surface area contributed by atoms with E-state index in [1.807, 2.05) is 0 Å². The number of nitrogens with zero attached hydrogens (tertiary/aromatic N) is 2. The molecule has 1 amide bonds. The highest BCUT2D eigenvalue weighted by atomic mass is 19.1. The van der Waals surface area contributed by atoms with Crippen LogP contribution in [0.25, 0.3) is 5.76 Å². The van der Waals surface area contributed by atoms with Crippen LogP contribution in [0.15, 0.2) is 72.6 Å². The highest BCUT2D eigenvalue weighted by molar-refractivity contribution is 6.46. The standard InChI is InChI=1S/C24H19FN2O4/c1-14-2-3-17(12-19(14)25)22(29)20-21(16-4-6-18(28)7-5-16)27(24(31)23(20)30)13-15-8-10-26-11-9-15/h2-12,21,28-29H,13H2,1H3/t21-/m1/s1. The van der Waals surface area contributed by atoms with E-state index in [1.54, 1.807) is 43.6 Å². The molecule has 3 aromatic rings. The van der Waals surface area contributed by atoms with E-state index in [4.69, 9.17) is 0 Å². The van der Waals surface area contributed by atoms with Crippen molar-refractivity contribution in [2.75, 3.05) is 0 Å². The van der Waals surface area contributed by atoms with E-state index >= 15 is 0 Å². The summed E-state index contributed by atoms with van der Waals surface area (Å²) in [4.78, 5) is 31.2. The molecule has 4 rings (SSSR count). The molecule has 2 aromatic carbocycles. The fourth-order valence-corrected chi connectivity index (χ4v) is 3.63. The fourth-order valence-electron chi connectivity index (χ4n) is 3.63. The second-order valence-corrected chi connectivity index (χ2v) is 7.34. The summed E-state index contributed by atoms with van der Waals surface area (Å²) in [6.45, 7) is 1.70. The lowest BCUT2D eigenvalue weighted by Gasteiger charge is -2.25. The van der Waals surface area contributed by atoms with Gasteiger partial charge in [-0.05, 0) is 53.9 Å². The van der Waals surface area contributed by atoms with Gasteiger partial charge in [0, 0.05) is 24.5 Å². The van der Waals surface area contributed by atoms with Gasteiger partial charge < -0.3 is 15.1 Å². The van der Waals surface area contributed by atoms with Crippen molar-refractivity contribution in [3.63, 3.8) is 0 Å². The third-order valence-electron chi connectivity index (χ3n) is 5.30. The number of rotatable bonds is 4. The number of carbonyl (C=O) groups excluding carboxylic acids is 2. The van der Waals surface area contributed by atoms with Crippen LogP contribution in [0.4, 0.5) is 4.39 Å². The molecule has 0 unspecified atom stereocenters. The van der Waals surface area contributed by atoms with Crippen LogP contribution in [0.3, 0.4) is 0 Å². The minimum Gasteiger partial charge on any atom is -0.508 e. The van der Waals surface area contributed by atoms with Crippen molar-refractivity contribution in [1.82, 2.24) is 9.88 Å². The highest BCUT2D eigenvalue weighted by Gasteiger charge is 2.46. The van der Waals surface area contributed by atoms with Crippen LogP contribution in [0.1, 0.15) is 28.3 Å². The topological polar surface area (TPSA) is 90.7 Å². The zero-order valence-electron chi connectivity index (χ0n) is 16.6. The number of benzene rings is 2. The van der Waals surface area contributed by atoms with Gasteiger partial charge in [0.05, 0.1) is 11.6 Å². The summed E-state index contributed by atoms with van der Waals surface area (Å²) in [6, 6.07) is 12.7. The second-order valence-electron chi connectivity index (χ2n) is 7.34. The van der Waals surface area contributed by atoms with Crippen LogP contribution < -0.4 is 0 Å². The van der Waals surface area contributed by atoms with Crippen molar-refractivity contribution in [1.29, 1.82) is 0 Å². The Morgan fingerprint density at radius 2 is 1.74 bits per heavy atom. The summed E-state index contributed by atoms with van der Waals surface area (Å²) in [5.41, 5.74) is 1.65. The Kier molecular flexibility index (Phi) is 5.25. The van der Waals surface area contributed by atoms with Crippen molar-refractivity contribution in [2.24, 2.45) is 0 Å². The lowest BCUT2D eigenvalue weighted by atomic mass is 9.94. The number of ketones is 1. The van der Waals surface area contributed by atoms with E-state index < -0.39 is 29.3 Å². The van der Waals surface area contributed by atoms with Gasteiger partial charge >= 0.3 is 0 Å². The average Bonchev–Trinajstić information content (AvgIpc) is 3.01. The molecule has 1 saturated heterocycles. The first-order valence-corrected chi connectivity index (χ1v) is 9.59. The summed E-state index contributed by atoms with van der Waals surface area (Å²) in [6.07, 6.45) is 3.16. The summed E-state index contributed by atoms with van der Waals surface area (Å²) >= 11 is 0. The molecule has 1 fully saturated rings. The molecule has 0 aliphatic carbocycles. The van der Waals surface area contributed by atoms with Gasteiger partial charge in [-0.1, -0.05) is 24.3 Å². The number of aromatic hydroxyl groups is 1. The van der Waals surface area contributed by atoms with Crippen LogP contribution in [-0.4, -0.2) is 31.8 Å². The van der Waals surface area contributed by atoms with Crippen LogP contribution in [0.2, 0.25) is 0 Å². The summed E-state index contributed by atoms with van der Waals surface area (Å²) in [7, 11) is 0.